The lowest BCUT2D eigenvalue weighted by Crippen LogP contribution is -2.30. The van der Waals surface area contributed by atoms with Crippen molar-refractivity contribution in [2.75, 3.05) is 18.0 Å². The van der Waals surface area contributed by atoms with Crippen molar-refractivity contribution in [3.05, 3.63) is 29.3 Å². The van der Waals surface area contributed by atoms with Crippen LogP contribution in [0.5, 0.6) is 0 Å². The lowest BCUT2D eigenvalue weighted by molar-refractivity contribution is 0.0697. The zero-order valence-corrected chi connectivity index (χ0v) is 11.0. The Hall–Kier alpha value is -1.51. The highest BCUT2D eigenvalue weighted by atomic mass is 16.4. The molecule has 0 saturated heterocycles. The highest BCUT2D eigenvalue weighted by Gasteiger charge is 2.17. The zero-order valence-electron chi connectivity index (χ0n) is 11.0. The second-order valence-electron chi connectivity index (χ2n) is 4.95. The van der Waals surface area contributed by atoms with Crippen LogP contribution in [0.2, 0.25) is 0 Å². The number of anilines is 1. The van der Waals surface area contributed by atoms with Crippen molar-refractivity contribution >= 4 is 11.7 Å². The number of carboxylic acids is 1. The summed E-state index contributed by atoms with van der Waals surface area (Å²) in [7, 11) is 0. The van der Waals surface area contributed by atoms with E-state index in [2.05, 4.69) is 11.8 Å². The van der Waals surface area contributed by atoms with E-state index in [1.54, 1.807) is 6.07 Å². The Kier molecular flexibility index (Phi) is 4.24. The summed E-state index contributed by atoms with van der Waals surface area (Å²) >= 11 is 0. The van der Waals surface area contributed by atoms with E-state index < -0.39 is 5.97 Å². The first kappa shape index (κ1) is 12.9. The molecule has 0 radical (unpaired) electrons. The normalized spacial score (nSPS) is 14.4. The maximum atomic E-state index is 11.0. The number of hydrogen-bond acceptors (Lipinski definition) is 2. The van der Waals surface area contributed by atoms with Gasteiger partial charge in [-0.25, -0.2) is 4.79 Å². The molecular formula is C15H21NO2. The largest absolute Gasteiger partial charge is 0.478 e. The van der Waals surface area contributed by atoms with Crippen LogP contribution in [0.25, 0.3) is 0 Å². The third-order valence-corrected chi connectivity index (χ3v) is 3.57. The first-order valence-corrected chi connectivity index (χ1v) is 6.83. The second kappa shape index (κ2) is 5.89. The summed E-state index contributed by atoms with van der Waals surface area (Å²) < 4.78 is 0. The van der Waals surface area contributed by atoms with Gasteiger partial charge >= 0.3 is 5.97 Å². The van der Waals surface area contributed by atoms with Gasteiger partial charge < -0.3 is 10.0 Å². The molecule has 0 saturated carbocycles. The molecule has 1 aliphatic heterocycles. The molecule has 0 aliphatic carbocycles. The molecule has 1 aromatic rings. The first-order chi connectivity index (χ1) is 8.72. The molecule has 0 unspecified atom stereocenters. The van der Waals surface area contributed by atoms with E-state index in [4.69, 9.17) is 5.11 Å². The van der Waals surface area contributed by atoms with Gasteiger partial charge in [0.1, 0.15) is 0 Å². The molecule has 1 aromatic carbocycles. The predicted octanol–water partition coefficient (Wildman–Crippen LogP) is 3.33. The molecule has 0 bridgehead atoms. The third-order valence-electron chi connectivity index (χ3n) is 3.57. The van der Waals surface area contributed by atoms with Gasteiger partial charge in [-0.1, -0.05) is 19.8 Å². The number of unbranched alkanes of at least 4 members (excludes halogenated alkanes) is 2. The molecule has 18 heavy (non-hydrogen) atoms. The minimum atomic E-state index is -0.832. The Morgan fingerprint density at radius 3 is 2.94 bits per heavy atom. The van der Waals surface area contributed by atoms with Crippen LogP contribution in [0, 0.1) is 0 Å². The topological polar surface area (TPSA) is 40.5 Å². The van der Waals surface area contributed by atoms with Crippen molar-refractivity contribution in [2.24, 2.45) is 0 Å². The number of benzene rings is 1. The lowest BCUT2D eigenvalue weighted by Gasteiger charge is -2.31. The summed E-state index contributed by atoms with van der Waals surface area (Å²) in [4.78, 5) is 13.4. The van der Waals surface area contributed by atoms with E-state index in [9.17, 15) is 4.79 Å². The van der Waals surface area contributed by atoms with Gasteiger partial charge in [0.2, 0.25) is 0 Å². The van der Waals surface area contributed by atoms with E-state index >= 15 is 0 Å². The minimum Gasteiger partial charge on any atom is -0.478 e. The number of carboxylic acid groups (broad SMARTS) is 1. The van der Waals surface area contributed by atoms with Crippen molar-refractivity contribution in [1.29, 1.82) is 0 Å². The molecule has 98 valence electrons. The Morgan fingerprint density at radius 1 is 1.39 bits per heavy atom. The fourth-order valence-electron chi connectivity index (χ4n) is 2.59. The monoisotopic (exact) mass is 247 g/mol. The van der Waals surface area contributed by atoms with Crippen LogP contribution < -0.4 is 4.90 Å². The van der Waals surface area contributed by atoms with Gasteiger partial charge in [-0.05, 0) is 43.0 Å². The highest BCUT2D eigenvalue weighted by Crippen LogP contribution is 2.28. The van der Waals surface area contributed by atoms with Crippen molar-refractivity contribution in [3.63, 3.8) is 0 Å². The maximum Gasteiger partial charge on any atom is 0.335 e. The van der Waals surface area contributed by atoms with E-state index in [0.29, 0.717) is 5.56 Å². The minimum absolute atomic E-state index is 0.407. The maximum absolute atomic E-state index is 11.0. The average molecular weight is 247 g/mol. The van der Waals surface area contributed by atoms with Crippen LogP contribution in [0.4, 0.5) is 5.69 Å². The molecule has 1 aliphatic rings. The molecule has 0 fully saturated rings. The van der Waals surface area contributed by atoms with E-state index in [-0.39, 0.29) is 0 Å². The summed E-state index contributed by atoms with van der Waals surface area (Å²) in [6.07, 6.45) is 5.84. The molecule has 0 spiro atoms. The molecule has 1 heterocycles. The number of aromatic carboxylic acids is 1. The van der Waals surface area contributed by atoms with Crippen LogP contribution in [-0.2, 0) is 6.42 Å². The van der Waals surface area contributed by atoms with E-state index in [0.717, 1.165) is 25.9 Å². The molecule has 0 amide bonds. The fraction of sp³-hybridized carbons (Fsp3) is 0.533. The standard InChI is InChI=1S/C15H21NO2/c1-2-3-4-9-16-10-5-6-12-11-13(15(17)18)7-8-14(12)16/h7-8,11H,2-6,9-10H2,1H3,(H,17,18). The number of hydrogen-bond donors (Lipinski definition) is 1. The van der Waals surface area contributed by atoms with Crippen LogP contribution in [0.1, 0.15) is 48.5 Å². The number of nitrogens with zero attached hydrogens (tertiary/aromatic N) is 1. The fourth-order valence-corrected chi connectivity index (χ4v) is 2.59. The van der Waals surface area contributed by atoms with Crippen molar-refractivity contribution in [3.8, 4) is 0 Å². The molecular weight excluding hydrogens is 226 g/mol. The molecule has 0 aromatic heterocycles. The number of fused-ring (bicyclic) bond motifs is 1. The van der Waals surface area contributed by atoms with Crippen LogP contribution in [-0.4, -0.2) is 24.2 Å². The zero-order chi connectivity index (χ0) is 13.0. The van der Waals surface area contributed by atoms with Gasteiger partial charge in [0.15, 0.2) is 0 Å². The van der Waals surface area contributed by atoms with Gasteiger partial charge in [0, 0.05) is 18.8 Å². The Balaban J connectivity index is 2.14. The Labute approximate surface area is 108 Å². The van der Waals surface area contributed by atoms with Gasteiger partial charge in [-0.15, -0.1) is 0 Å². The highest BCUT2D eigenvalue weighted by molar-refractivity contribution is 5.88. The molecule has 3 nitrogen and oxygen atoms in total. The molecule has 1 N–H and O–H groups in total. The molecule has 0 atom stereocenters. The van der Waals surface area contributed by atoms with Crippen LogP contribution in [0.3, 0.4) is 0 Å². The Bertz CT molecular complexity index is 429. The van der Waals surface area contributed by atoms with Crippen LogP contribution in [0.15, 0.2) is 18.2 Å². The van der Waals surface area contributed by atoms with E-state index in [1.165, 1.54) is 30.5 Å². The first-order valence-electron chi connectivity index (χ1n) is 6.83. The summed E-state index contributed by atoms with van der Waals surface area (Å²) in [6, 6.07) is 5.53. The van der Waals surface area contributed by atoms with Gasteiger partial charge in [0.05, 0.1) is 5.56 Å². The number of carbonyl (C=O) groups is 1. The Morgan fingerprint density at radius 2 is 2.22 bits per heavy atom. The van der Waals surface area contributed by atoms with Crippen LogP contribution >= 0.6 is 0 Å². The quantitative estimate of drug-likeness (QED) is 0.811. The molecule has 3 heteroatoms. The van der Waals surface area contributed by atoms with E-state index in [1.807, 2.05) is 12.1 Å². The van der Waals surface area contributed by atoms with Crippen molar-refractivity contribution < 1.29 is 9.90 Å². The number of aryl methyl sites for hydroxylation is 1. The number of rotatable bonds is 5. The van der Waals surface area contributed by atoms with Crippen molar-refractivity contribution in [1.82, 2.24) is 0 Å². The lowest BCUT2D eigenvalue weighted by atomic mass is 9.99. The average Bonchev–Trinajstić information content (AvgIpc) is 2.38. The second-order valence-corrected chi connectivity index (χ2v) is 4.95. The summed E-state index contributed by atoms with van der Waals surface area (Å²) in [5.74, 6) is -0.832. The summed E-state index contributed by atoms with van der Waals surface area (Å²) in [5.41, 5.74) is 2.84. The van der Waals surface area contributed by atoms with Gasteiger partial charge in [-0.2, -0.15) is 0 Å². The summed E-state index contributed by atoms with van der Waals surface area (Å²) in [6.45, 7) is 4.40. The van der Waals surface area contributed by atoms with Gasteiger partial charge in [-0.3, -0.25) is 0 Å². The third kappa shape index (κ3) is 2.84. The van der Waals surface area contributed by atoms with Crippen molar-refractivity contribution in [2.45, 2.75) is 39.0 Å². The smallest absolute Gasteiger partial charge is 0.335 e. The predicted molar refractivity (Wildman–Crippen MR) is 73.5 cm³/mol. The molecule has 2 rings (SSSR count). The summed E-state index contributed by atoms with van der Waals surface area (Å²) in [5, 5.41) is 9.01. The SMILES string of the molecule is CCCCCN1CCCc2cc(C(=O)O)ccc21. The van der Waals surface area contributed by atoms with Gasteiger partial charge in [0.25, 0.3) is 0 Å².